The molecule has 0 fully saturated rings. The van der Waals surface area contributed by atoms with Gasteiger partial charge in [-0.1, -0.05) is 6.92 Å². The molecule has 2 rings (SSSR count). The molecular formula is C12H13BrN4O. The van der Waals surface area contributed by atoms with Gasteiger partial charge in [-0.25, -0.2) is 0 Å². The number of nitrogens with one attached hydrogen (secondary N) is 1. The molecule has 5 nitrogen and oxygen atoms in total. The number of aryl methyl sites for hydroxylation is 2. The molecule has 0 atom stereocenters. The molecule has 0 aliphatic carbocycles. The van der Waals surface area contributed by atoms with Crippen molar-refractivity contribution in [2.45, 2.75) is 13.3 Å². The van der Waals surface area contributed by atoms with Gasteiger partial charge in [0.1, 0.15) is 0 Å². The predicted molar refractivity (Wildman–Crippen MR) is 72.5 cm³/mol. The number of rotatable bonds is 3. The minimum atomic E-state index is -0.160. The van der Waals surface area contributed by atoms with Crippen LogP contribution < -0.4 is 5.32 Å². The monoisotopic (exact) mass is 308 g/mol. The van der Waals surface area contributed by atoms with E-state index < -0.39 is 0 Å². The summed E-state index contributed by atoms with van der Waals surface area (Å²) in [6.45, 7) is 1.97. The van der Waals surface area contributed by atoms with E-state index in [0.717, 1.165) is 16.6 Å². The van der Waals surface area contributed by atoms with E-state index in [1.807, 2.05) is 6.92 Å². The van der Waals surface area contributed by atoms with E-state index >= 15 is 0 Å². The average Bonchev–Trinajstić information content (AvgIpc) is 2.73. The van der Waals surface area contributed by atoms with Crippen LogP contribution in [-0.2, 0) is 13.5 Å². The van der Waals surface area contributed by atoms with Crippen molar-refractivity contribution in [2.75, 3.05) is 5.32 Å². The van der Waals surface area contributed by atoms with Gasteiger partial charge in [-0.2, -0.15) is 5.10 Å². The summed E-state index contributed by atoms with van der Waals surface area (Å²) in [5.74, 6) is -0.160. The maximum absolute atomic E-state index is 12.2. The highest BCUT2D eigenvalue weighted by Crippen LogP contribution is 2.21. The Hall–Kier alpha value is -1.69. The largest absolute Gasteiger partial charge is 0.321 e. The van der Waals surface area contributed by atoms with Gasteiger partial charge in [0.25, 0.3) is 5.91 Å². The summed E-state index contributed by atoms with van der Waals surface area (Å²) in [4.78, 5) is 16.1. The zero-order chi connectivity index (χ0) is 13.1. The maximum Gasteiger partial charge on any atom is 0.259 e. The van der Waals surface area contributed by atoms with Crippen molar-refractivity contribution in [1.82, 2.24) is 14.8 Å². The molecule has 0 aliphatic heterocycles. The molecule has 2 aromatic heterocycles. The van der Waals surface area contributed by atoms with E-state index in [0.29, 0.717) is 11.3 Å². The molecule has 2 heterocycles. The SMILES string of the molecule is CCc1nn(C)cc1C(=O)Nc1ccncc1Br. The molecule has 2 aromatic rings. The lowest BCUT2D eigenvalue weighted by atomic mass is 10.2. The fraction of sp³-hybridized carbons (Fsp3) is 0.250. The lowest BCUT2D eigenvalue weighted by Gasteiger charge is -2.06. The van der Waals surface area contributed by atoms with Gasteiger partial charge < -0.3 is 5.32 Å². The van der Waals surface area contributed by atoms with Gasteiger partial charge in [0.05, 0.1) is 21.4 Å². The number of carbonyl (C=O) groups is 1. The van der Waals surface area contributed by atoms with Crippen molar-refractivity contribution in [2.24, 2.45) is 7.05 Å². The zero-order valence-corrected chi connectivity index (χ0v) is 11.7. The standard InChI is InChI=1S/C12H13BrN4O/c1-3-10-8(7-17(2)16-10)12(18)15-11-4-5-14-6-9(11)13/h4-7H,3H2,1-2H3,(H,14,15,18). The Kier molecular flexibility index (Phi) is 3.76. The Bertz CT molecular complexity index is 579. The van der Waals surface area contributed by atoms with Crippen LogP contribution in [0.5, 0.6) is 0 Å². The Balaban J connectivity index is 2.25. The summed E-state index contributed by atoms with van der Waals surface area (Å²) in [6, 6.07) is 1.74. The second-order valence-electron chi connectivity index (χ2n) is 3.83. The first-order valence-electron chi connectivity index (χ1n) is 5.55. The summed E-state index contributed by atoms with van der Waals surface area (Å²) in [6.07, 6.45) is 5.72. The first-order chi connectivity index (χ1) is 8.61. The smallest absolute Gasteiger partial charge is 0.259 e. The van der Waals surface area contributed by atoms with Crippen LogP contribution in [0.2, 0.25) is 0 Å². The van der Waals surface area contributed by atoms with Crippen LogP contribution in [0.1, 0.15) is 23.0 Å². The first-order valence-corrected chi connectivity index (χ1v) is 6.34. The number of pyridine rings is 1. The summed E-state index contributed by atoms with van der Waals surface area (Å²) in [5.41, 5.74) is 2.09. The third-order valence-electron chi connectivity index (χ3n) is 2.51. The fourth-order valence-corrected chi connectivity index (χ4v) is 2.00. The van der Waals surface area contributed by atoms with Gasteiger partial charge in [0, 0.05) is 25.6 Å². The number of hydrogen-bond donors (Lipinski definition) is 1. The number of aromatic nitrogens is 3. The number of amides is 1. The molecule has 0 saturated heterocycles. The number of halogens is 1. The highest BCUT2D eigenvalue weighted by atomic mass is 79.9. The minimum absolute atomic E-state index is 0.160. The maximum atomic E-state index is 12.2. The van der Waals surface area contributed by atoms with E-state index in [9.17, 15) is 4.79 Å². The lowest BCUT2D eigenvalue weighted by Crippen LogP contribution is -2.13. The molecule has 0 unspecified atom stereocenters. The number of anilines is 1. The van der Waals surface area contributed by atoms with E-state index in [1.54, 1.807) is 36.4 Å². The summed E-state index contributed by atoms with van der Waals surface area (Å²) >= 11 is 3.34. The normalized spacial score (nSPS) is 10.4. The molecule has 6 heteroatoms. The molecule has 0 aliphatic rings. The average molecular weight is 309 g/mol. The van der Waals surface area contributed by atoms with Crippen LogP contribution in [0.15, 0.2) is 29.1 Å². The van der Waals surface area contributed by atoms with Crippen molar-refractivity contribution < 1.29 is 4.79 Å². The molecule has 0 spiro atoms. The number of carbonyl (C=O) groups excluding carboxylic acids is 1. The van der Waals surface area contributed by atoms with Crippen LogP contribution >= 0.6 is 15.9 Å². The van der Waals surface area contributed by atoms with Crippen LogP contribution in [0.3, 0.4) is 0 Å². The van der Waals surface area contributed by atoms with Crippen LogP contribution in [-0.4, -0.2) is 20.7 Å². The molecule has 18 heavy (non-hydrogen) atoms. The molecule has 0 aromatic carbocycles. The third-order valence-corrected chi connectivity index (χ3v) is 3.14. The van der Waals surface area contributed by atoms with Crippen molar-refractivity contribution in [1.29, 1.82) is 0 Å². The Morgan fingerprint density at radius 3 is 3.00 bits per heavy atom. The predicted octanol–water partition coefficient (Wildman–Crippen LogP) is 2.39. The van der Waals surface area contributed by atoms with Gasteiger partial charge >= 0.3 is 0 Å². The van der Waals surface area contributed by atoms with Crippen LogP contribution in [0, 0.1) is 0 Å². The second kappa shape index (κ2) is 5.30. The second-order valence-corrected chi connectivity index (χ2v) is 4.68. The minimum Gasteiger partial charge on any atom is -0.321 e. The molecule has 0 bridgehead atoms. The van der Waals surface area contributed by atoms with E-state index in [-0.39, 0.29) is 5.91 Å². The van der Waals surface area contributed by atoms with Crippen LogP contribution in [0.4, 0.5) is 5.69 Å². The van der Waals surface area contributed by atoms with Gasteiger partial charge in [0.2, 0.25) is 0 Å². The fourth-order valence-electron chi connectivity index (χ4n) is 1.65. The summed E-state index contributed by atoms with van der Waals surface area (Å²) in [7, 11) is 1.80. The molecule has 0 radical (unpaired) electrons. The highest BCUT2D eigenvalue weighted by molar-refractivity contribution is 9.10. The van der Waals surface area contributed by atoms with Crippen LogP contribution in [0.25, 0.3) is 0 Å². The molecule has 1 amide bonds. The van der Waals surface area contributed by atoms with Gasteiger partial charge in [-0.15, -0.1) is 0 Å². The molecule has 0 saturated carbocycles. The number of hydrogen-bond acceptors (Lipinski definition) is 3. The summed E-state index contributed by atoms with van der Waals surface area (Å²) in [5, 5.41) is 7.08. The van der Waals surface area contributed by atoms with Crippen molar-refractivity contribution >= 4 is 27.5 Å². The molecule has 1 N–H and O–H groups in total. The van der Waals surface area contributed by atoms with E-state index in [1.165, 1.54) is 0 Å². The van der Waals surface area contributed by atoms with Crippen molar-refractivity contribution in [3.05, 3.63) is 40.4 Å². The summed E-state index contributed by atoms with van der Waals surface area (Å²) < 4.78 is 2.40. The topological polar surface area (TPSA) is 59.8 Å². The van der Waals surface area contributed by atoms with Gasteiger partial charge in [-0.3, -0.25) is 14.5 Å². The van der Waals surface area contributed by atoms with E-state index in [2.05, 4.69) is 31.3 Å². The Morgan fingerprint density at radius 1 is 1.56 bits per heavy atom. The van der Waals surface area contributed by atoms with E-state index in [4.69, 9.17) is 0 Å². The lowest BCUT2D eigenvalue weighted by molar-refractivity contribution is 0.102. The third kappa shape index (κ3) is 2.59. The molecular weight excluding hydrogens is 296 g/mol. The van der Waals surface area contributed by atoms with Crippen molar-refractivity contribution in [3.63, 3.8) is 0 Å². The Morgan fingerprint density at radius 2 is 2.33 bits per heavy atom. The molecule has 94 valence electrons. The first kappa shape index (κ1) is 12.8. The number of nitrogens with zero attached hydrogens (tertiary/aromatic N) is 3. The van der Waals surface area contributed by atoms with Gasteiger partial charge in [-0.05, 0) is 28.4 Å². The highest BCUT2D eigenvalue weighted by Gasteiger charge is 2.15. The quantitative estimate of drug-likeness (QED) is 0.947. The van der Waals surface area contributed by atoms with Gasteiger partial charge in [0.15, 0.2) is 0 Å². The van der Waals surface area contributed by atoms with Crippen molar-refractivity contribution in [3.8, 4) is 0 Å². The Labute approximate surface area is 113 Å². The zero-order valence-electron chi connectivity index (χ0n) is 10.1.